The molecule has 0 aliphatic heterocycles. The van der Waals surface area contributed by atoms with Gasteiger partial charge in [0.05, 0.1) is 0 Å². The summed E-state index contributed by atoms with van der Waals surface area (Å²) >= 11 is 0. The molecule has 6 nitrogen and oxygen atoms in total. The van der Waals surface area contributed by atoms with Gasteiger partial charge in [-0.25, -0.2) is 0 Å². The molecule has 3 aromatic rings. The lowest BCUT2D eigenvalue weighted by Crippen LogP contribution is -2.10. The van der Waals surface area contributed by atoms with Crippen LogP contribution in [0.1, 0.15) is 24.2 Å². The predicted molar refractivity (Wildman–Crippen MR) is 110 cm³/mol. The number of carbonyl (C=O) groups excluding carboxylic acids is 2. The van der Waals surface area contributed by atoms with Gasteiger partial charge in [0.1, 0.15) is 10.6 Å². The Morgan fingerprint density at radius 1 is 0.828 bits per heavy atom. The summed E-state index contributed by atoms with van der Waals surface area (Å²) in [5, 5.41) is 2.69. The number of benzene rings is 3. The van der Waals surface area contributed by atoms with Crippen LogP contribution in [0.2, 0.25) is 0 Å². The van der Waals surface area contributed by atoms with E-state index in [1.165, 1.54) is 38.1 Å². The zero-order valence-corrected chi connectivity index (χ0v) is 16.7. The highest BCUT2D eigenvalue weighted by Gasteiger charge is 2.17. The van der Waals surface area contributed by atoms with Crippen molar-refractivity contribution in [1.82, 2.24) is 0 Å². The second kappa shape index (κ2) is 8.28. The Labute approximate surface area is 169 Å². The number of hydrogen-bond donors (Lipinski definition) is 1. The van der Waals surface area contributed by atoms with Gasteiger partial charge in [-0.2, -0.15) is 8.42 Å². The van der Waals surface area contributed by atoms with Gasteiger partial charge in [-0.1, -0.05) is 36.4 Å². The maximum Gasteiger partial charge on any atom is 0.339 e. The van der Waals surface area contributed by atoms with Crippen molar-refractivity contribution in [3.05, 3.63) is 78.4 Å². The van der Waals surface area contributed by atoms with Gasteiger partial charge in [-0.05, 0) is 54.4 Å². The minimum absolute atomic E-state index is 0.00402. The molecule has 3 rings (SSSR count). The van der Waals surface area contributed by atoms with Crippen LogP contribution in [-0.2, 0) is 14.9 Å². The molecule has 1 N–H and O–H groups in total. The van der Waals surface area contributed by atoms with Gasteiger partial charge in [0.15, 0.2) is 5.78 Å². The van der Waals surface area contributed by atoms with Crippen molar-refractivity contribution < 1.29 is 22.2 Å². The summed E-state index contributed by atoms with van der Waals surface area (Å²) in [6.45, 7) is 2.83. The topological polar surface area (TPSA) is 89.5 Å². The molecular formula is C22H19NO5S. The molecule has 0 radical (unpaired) electrons. The van der Waals surface area contributed by atoms with E-state index in [4.69, 9.17) is 4.18 Å². The Morgan fingerprint density at radius 3 is 1.97 bits per heavy atom. The van der Waals surface area contributed by atoms with E-state index in [1.54, 1.807) is 36.4 Å². The predicted octanol–water partition coefficient (Wildman–Crippen LogP) is 4.28. The number of rotatable bonds is 6. The molecule has 0 bridgehead atoms. The molecule has 0 aliphatic rings. The van der Waals surface area contributed by atoms with E-state index in [0.29, 0.717) is 11.3 Å². The first kappa shape index (κ1) is 20.3. The SMILES string of the molecule is CC(=O)Nc1ccc(-c2ccc(S(=O)(=O)Oc3cccc(C(C)=O)c3)cc2)cc1. The minimum atomic E-state index is -4.03. The second-order valence-corrected chi connectivity index (χ2v) is 7.95. The monoisotopic (exact) mass is 409 g/mol. The normalized spacial score (nSPS) is 11.0. The molecule has 0 saturated carbocycles. The van der Waals surface area contributed by atoms with Gasteiger partial charge in [-0.15, -0.1) is 0 Å². The average molecular weight is 409 g/mol. The second-order valence-electron chi connectivity index (χ2n) is 6.40. The Balaban J connectivity index is 1.79. The molecule has 0 unspecified atom stereocenters. The van der Waals surface area contributed by atoms with Gasteiger partial charge in [0, 0.05) is 18.2 Å². The van der Waals surface area contributed by atoms with Gasteiger partial charge >= 0.3 is 10.1 Å². The first-order valence-electron chi connectivity index (χ1n) is 8.78. The number of amides is 1. The van der Waals surface area contributed by atoms with Crippen LogP contribution >= 0.6 is 0 Å². The van der Waals surface area contributed by atoms with E-state index < -0.39 is 10.1 Å². The molecule has 7 heteroatoms. The van der Waals surface area contributed by atoms with E-state index in [0.717, 1.165) is 11.1 Å². The number of hydrogen-bond acceptors (Lipinski definition) is 5. The van der Waals surface area contributed by atoms with E-state index in [2.05, 4.69) is 5.32 Å². The summed E-state index contributed by atoms with van der Waals surface area (Å²) in [5.41, 5.74) is 2.74. The summed E-state index contributed by atoms with van der Waals surface area (Å²) in [6.07, 6.45) is 0. The smallest absolute Gasteiger partial charge is 0.339 e. The fourth-order valence-electron chi connectivity index (χ4n) is 2.71. The third-order valence-electron chi connectivity index (χ3n) is 4.13. The summed E-state index contributed by atoms with van der Waals surface area (Å²) in [7, 11) is -4.03. The molecule has 1 amide bonds. The fraction of sp³-hybridized carbons (Fsp3) is 0.0909. The molecule has 0 saturated heterocycles. The van der Waals surface area contributed by atoms with Crippen LogP contribution in [0.3, 0.4) is 0 Å². The van der Waals surface area contributed by atoms with E-state index in [-0.39, 0.29) is 22.3 Å². The van der Waals surface area contributed by atoms with Crippen LogP contribution in [0.15, 0.2) is 77.7 Å². The summed E-state index contributed by atoms with van der Waals surface area (Å²) in [4.78, 5) is 22.5. The lowest BCUT2D eigenvalue weighted by molar-refractivity contribution is -0.114. The van der Waals surface area contributed by atoms with Crippen LogP contribution < -0.4 is 9.50 Å². The summed E-state index contributed by atoms with van der Waals surface area (Å²) in [6, 6.07) is 19.5. The highest BCUT2D eigenvalue weighted by atomic mass is 32.2. The van der Waals surface area contributed by atoms with Gasteiger partial charge in [0.25, 0.3) is 0 Å². The van der Waals surface area contributed by atoms with Crippen molar-refractivity contribution in [3.8, 4) is 16.9 Å². The maximum atomic E-state index is 12.5. The largest absolute Gasteiger partial charge is 0.379 e. The number of anilines is 1. The summed E-state index contributed by atoms with van der Waals surface area (Å²) < 4.78 is 30.2. The van der Waals surface area contributed by atoms with Crippen LogP contribution in [0.4, 0.5) is 5.69 Å². The first-order chi connectivity index (χ1) is 13.7. The zero-order valence-electron chi connectivity index (χ0n) is 15.9. The molecular weight excluding hydrogens is 390 g/mol. The highest BCUT2D eigenvalue weighted by molar-refractivity contribution is 7.87. The van der Waals surface area contributed by atoms with Crippen molar-refractivity contribution in [2.24, 2.45) is 0 Å². The zero-order chi connectivity index (χ0) is 21.0. The van der Waals surface area contributed by atoms with Crippen molar-refractivity contribution in [3.63, 3.8) is 0 Å². The summed E-state index contributed by atoms with van der Waals surface area (Å²) in [5.74, 6) is -0.252. The Morgan fingerprint density at radius 2 is 1.41 bits per heavy atom. The van der Waals surface area contributed by atoms with Crippen molar-refractivity contribution in [2.45, 2.75) is 18.7 Å². The number of carbonyl (C=O) groups is 2. The standard InChI is InChI=1S/C22H19NO5S/c1-15(24)19-4-3-5-21(14-19)28-29(26,27)22-12-8-18(9-13-22)17-6-10-20(11-7-17)23-16(2)25/h3-14H,1-2H3,(H,23,25). The number of Topliss-reactive ketones (excluding diaryl/α,β-unsaturated/α-hetero) is 1. The van der Waals surface area contributed by atoms with Crippen molar-refractivity contribution >= 4 is 27.5 Å². The molecule has 3 aromatic carbocycles. The van der Waals surface area contributed by atoms with Crippen LogP contribution in [0.25, 0.3) is 11.1 Å². The molecule has 0 fully saturated rings. The van der Waals surface area contributed by atoms with E-state index in [9.17, 15) is 18.0 Å². The van der Waals surface area contributed by atoms with Crippen LogP contribution in [0.5, 0.6) is 5.75 Å². The Hall–Kier alpha value is -3.45. The lowest BCUT2D eigenvalue weighted by atomic mass is 10.1. The molecule has 29 heavy (non-hydrogen) atoms. The molecule has 148 valence electrons. The van der Waals surface area contributed by atoms with Crippen LogP contribution in [0, 0.1) is 0 Å². The molecule has 0 spiro atoms. The van der Waals surface area contributed by atoms with Crippen molar-refractivity contribution in [2.75, 3.05) is 5.32 Å². The Kier molecular flexibility index (Phi) is 5.79. The van der Waals surface area contributed by atoms with Gasteiger partial charge < -0.3 is 9.50 Å². The molecule has 0 atom stereocenters. The van der Waals surface area contributed by atoms with Gasteiger partial charge in [0.2, 0.25) is 5.91 Å². The number of ketones is 1. The third-order valence-corrected chi connectivity index (χ3v) is 5.39. The molecule has 0 aliphatic carbocycles. The lowest BCUT2D eigenvalue weighted by Gasteiger charge is -2.09. The molecule has 0 heterocycles. The highest BCUT2D eigenvalue weighted by Crippen LogP contribution is 2.25. The maximum absolute atomic E-state index is 12.5. The average Bonchev–Trinajstić information content (AvgIpc) is 2.68. The third kappa shape index (κ3) is 5.08. The first-order valence-corrected chi connectivity index (χ1v) is 10.2. The fourth-order valence-corrected chi connectivity index (χ4v) is 3.63. The van der Waals surface area contributed by atoms with E-state index in [1.807, 2.05) is 12.1 Å². The van der Waals surface area contributed by atoms with Crippen LogP contribution in [-0.4, -0.2) is 20.1 Å². The van der Waals surface area contributed by atoms with Crippen molar-refractivity contribution in [1.29, 1.82) is 0 Å². The Bertz CT molecular complexity index is 1150. The van der Waals surface area contributed by atoms with Gasteiger partial charge in [-0.3, -0.25) is 9.59 Å². The van der Waals surface area contributed by atoms with E-state index >= 15 is 0 Å². The minimum Gasteiger partial charge on any atom is -0.379 e. The number of nitrogens with one attached hydrogen (secondary N) is 1. The quantitative estimate of drug-likeness (QED) is 0.485. The molecule has 0 aromatic heterocycles.